The van der Waals surface area contributed by atoms with Gasteiger partial charge in [0.25, 0.3) is 0 Å². The highest BCUT2D eigenvalue weighted by Gasteiger charge is 2.44. The Hall–Kier alpha value is -2.11. The number of hydrogen-bond acceptors (Lipinski definition) is 8. The van der Waals surface area contributed by atoms with E-state index in [2.05, 4.69) is 60.8 Å². The molecule has 0 bridgehead atoms. The van der Waals surface area contributed by atoms with Crippen LogP contribution in [0.2, 0.25) is 0 Å². The van der Waals surface area contributed by atoms with E-state index in [9.17, 15) is 30.3 Å². The van der Waals surface area contributed by atoms with Crippen LogP contribution >= 0.6 is 0 Å². The summed E-state index contributed by atoms with van der Waals surface area (Å²) in [5.74, 6) is -0.193. The first-order valence-electron chi connectivity index (χ1n) is 21.0. The molecule has 9 heteroatoms. The van der Waals surface area contributed by atoms with Crippen molar-refractivity contribution in [1.29, 1.82) is 0 Å². The largest absolute Gasteiger partial charge is 0.394 e. The third kappa shape index (κ3) is 25.6. The number of nitrogens with one attached hydrogen (secondary N) is 1. The van der Waals surface area contributed by atoms with Gasteiger partial charge in [-0.15, -0.1) is 0 Å². The predicted octanol–water partition coefficient (Wildman–Crippen LogP) is 8.05. The highest BCUT2D eigenvalue weighted by atomic mass is 16.7. The van der Waals surface area contributed by atoms with Gasteiger partial charge in [0.1, 0.15) is 24.4 Å². The van der Waals surface area contributed by atoms with Crippen molar-refractivity contribution in [2.24, 2.45) is 0 Å². The van der Waals surface area contributed by atoms with Crippen molar-refractivity contribution in [2.45, 2.75) is 198 Å². The van der Waals surface area contributed by atoms with Crippen LogP contribution in [-0.4, -0.2) is 87.5 Å². The van der Waals surface area contributed by atoms with Crippen LogP contribution < -0.4 is 5.32 Å². The average molecular weight is 748 g/mol. The van der Waals surface area contributed by atoms with Gasteiger partial charge in [0.05, 0.1) is 25.4 Å². The Balaban J connectivity index is 2.07. The van der Waals surface area contributed by atoms with Crippen LogP contribution in [0.3, 0.4) is 0 Å². The lowest BCUT2D eigenvalue weighted by Gasteiger charge is -2.40. The molecule has 1 saturated heterocycles. The Labute approximate surface area is 322 Å². The Bertz CT molecular complexity index is 1010. The van der Waals surface area contributed by atoms with Crippen LogP contribution in [0.25, 0.3) is 0 Å². The molecule has 1 amide bonds. The maximum absolute atomic E-state index is 12.7. The van der Waals surface area contributed by atoms with Gasteiger partial charge >= 0.3 is 0 Å². The van der Waals surface area contributed by atoms with E-state index in [1.165, 1.54) is 77.0 Å². The second-order valence-electron chi connectivity index (χ2n) is 14.4. The summed E-state index contributed by atoms with van der Waals surface area (Å²) < 4.78 is 11.0. The first-order chi connectivity index (χ1) is 25.8. The van der Waals surface area contributed by atoms with Crippen LogP contribution in [0.4, 0.5) is 0 Å². The lowest BCUT2D eigenvalue weighted by Crippen LogP contribution is -2.60. The molecule has 9 nitrogen and oxygen atoms in total. The molecule has 0 aromatic rings. The number of unbranched alkanes of at least 4 members (excludes halogenated alkanes) is 15. The fraction of sp³-hybridized carbons (Fsp3) is 0.750. The average Bonchev–Trinajstić information content (AvgIpc) is 3.15. The third-order valence-corrected chi connectivity index (χ3v) is 9.58. The molecule has 0 aromatic heterocycles. The van der Waals surface area contributed by atoms with Gasteiger partial charge in [-0.1, -0.05) is 158 Å². The fourth-order valence-electron chi connectivity index (χ4n) is 6.21. The minimum Gasteiger partial charge on any atom is -0.394 e. The summed E-state index contributed by atoms with van der Waals surface area (Å²) in [6.07, 6.45) is 38.0. The molecule has 0 radical (unpaired) electrons. The van der Waals surface area contributed by atoms with Crippen molar-refractivity contribution in [2.75, 3.05) is 13.2 Å². The second kappa shape index (κ2) is 34.4. The maximum Gasteiger partial charge on any atom is 0.220 e. The molecule has 0 spiro atoms. The molecule has 7 unspecified atom stereocenters. The van der Waals surface area contributed by atoms with E-state index < -0.39 is 49.5 Å². The first-order valence-corrected chi connectivity index (χ1v) is 21.0. The number of amides is 1. The van der Waals surface area contributed by atoms with Gasteiger partial charge in [0.2, 0.25) is 5.91 Å². The summed E-state index contributed by atoms with van der Waals surface area (Å²) in [5.41, 5.74) is 0. The van der Waals surface area contributed by atoms with Crippen molar-refractivity contribution in [3.8, 4) is 0 Å². The monoisotopic (exact) mass is 748 g/mol. The van der Waals surface area contributed by atoms with Crippen LogP contribution in [0.1, 0.15) is 155 Å². The summed E-state index contributed by atoms with van der Waals surface area (Å²) in [6, 6.07) is -0.801. The molecule has 0 saturated carbocycles. The zero-order valence-corrected chi connectivity index (χ0v) is 33.2. The van der Waals surface area contributed by atoms with Crippen LogP contribution in [0.5, 0.6) is 0 Å². The number of rotatable bonds is 33. The second-order valence-corrected chi connectivity index (χ2v) is 14.4. The van der Waals surface area contributed by atoms with E-state index in [0.29, 0.717) is 6.42 Å². The Kier molecular flexibility index (Phi) is 31.7. The minimum atomic E-state index is -1.56. The number of allylic oxidation sites excluding steroid dienone is 9. The zero-order valence-electron chi connectivity index (χ0n) is 33.2. The maximum atomic E-state index is 12.7. The number of ether oxygens (including phenoxy) is 2. The number of carbonyl (C=O) groups excluding carboxylic acids is 1. The lowest BCUT2D eigenvalue weighted by molar-refractivity contribution is -0.302. The van der Waals surface area contributed by atoms with Gasteiger partial charge in [-0.25, -0.2) is 0 Å². The Morgan fingerprint density at radius 3 is 1.70 bits per heavy atom. The van der Waals surface area contributed by atoms with Gasteiger partial charge in [-0.2, -0.15) is 0 Å². The van der Waals surface area contributed by atoms with Crippen LogP contribution in [-0.2, 0) is 14.3 Å². The zero-order chi connectivity index (χ0) is 38.8. The minimum absolute atomic E-state index is 0.193. The fourth-order valence-corrected chi connectivity index (χ4v) is 6.21. The van der Waals surface area contributed by atoms with E-state index >= 15 is 0 Å². The van der Waals surface area contributed by atoms with Crippen molar-refractivity contribution in [3.63, 3.8) is 0 Å². The van der Waals surface area contributed by atoms with E-state index in [-0.39, 0.29) is 12.5 Å². The molecule has 1 rings (SSSR count). The van der Waals surface area contributed by atoms with Gasteiger partial charge in [-0.3, -0.25) is 4.79 Å². The molecule has 1 heterocycles. The van der Waals surface area contributed by atoms with Gasteiger partial charge < -0.3 is 40.3 Å². The molecule has 0 aromatic carbocycles. The molecule has 1 aliphatic heterocycles. The van der Waals surface area contributed by atoms with E-state index in [0.717, 1.165) is 57.8 Å². The SMILES string of the molecule is CC/C=C\C/C=C\C/C=C\C/C=C\CCCCCCCCCCCCCCCCC(=O)NC(COC1OC(CO)C(O)C(O)C1O)C(O)/C=C/CCC. The molecule has 6 N–H and O–H groups in total. The topological polar surface area (TPSA) is 149 Å². The number of aliphatic hydroxyl groups excluding tert-OH is 5. The summed E-state index contributed by atoms with van der Waals surface area (Å²) in [6.45, 7) is 3.42. The molecule has 1 aliphatic rings. The van der Waals surface area contributed by atoms with Crippen molar-refractivity contribution in [3.05, 3.63) is 60.8 Å². The lowest BCUT2D eigenvalue weighted by atomic mass is 9.99. The first kappa shape index (κ1) is 48.9. The van der Waals surface area contributed by atoms with Crippen molar-refractivity contribution >= 4 is 5.91 Å². The van der Waals surface area contributed by atoms with E-state index in [4.69, 9.17) is 9.47 Å². The van der Waals surface area contributed by atoms with Crippen molar-refractivity contribution < 1.29 is 39.8 Å². The van der Waals surface area contributed by atoms with E-state index in [1.807, 2.05) is 13.0 Å². The summed E-state index contributed by atoms with van der Waals surface area (Å²) in [7, 11) is 0. The molecule has 306 valence electrons. The Morgan fingerprint density at radius 2 is 1.17 bits per heavy atom. The Morgan fingerprint density at radius 1 is 0.660 bits per heavy atom. The quantitative estimate of drug-likeness (QED) is 0.0292. The van der Waals surface area contributed by atoms with Gasteiger partial charge in [0, 0.05) is 6.42 Å². The highest BCUT2D eigenvalue weighted by Crippen LogP contribution is 2.22. The summed E-state index contributed by atoms with van der Waals surface area (Å²) in [4.78, 5) is 12.7. The third-order valence-electron chi connectivity index (χ3n) is 9.58. The molecule has 0 aliphatic carbocycles. The summed E-state index contributed by atoms with van der Waals surface area (Å²) in [5, 5.41) is 53.3. The molecule has 53 heavy (non-hydrogen) atoms. The molecular weight excluding hydrogens is 670 g/mol. The smallest absolute Gasteiger partial charge is 0.220 e. The standard InChI is InChI=1S/C44H77NO8/c1-3-5-7-8-9-10-11-12-13-14-15-16-17-18-19-20-21-22-23-24-25-26-27-28-29-30-32-34-40(48)45-37(38(47)33-31-6-4-2)36-52-44-43(51)42(50)41(49)39(35-46)53-44/h5,7,9-10,12-13,15-16,31,33,37-39,41-44,46-47,49-51H,3-4,6,8,11,14,17-30,32,34-36H2,1-2H3,(H,45,48)/b7-5-,10-9-,13-12-,16-15-,33-31+. The molecule has 7 atom stereocenters. The van der Waals surface area contributed by atoms with Crippen molar-refractivity contribution in [1.82, 2.24) is 5.32 Å². The normalized spacial score (nSPS) is 22.3. The van der Waals surface area contributed by atoms with Gasteiger partial charge in [0.15, 0.2) is 6.29 Å². The van der Waals surface area contributed by atoms with E-state index in [1.54, 1.807) is 6.08 Å². The number of aliphatic hydroxyl groups is 5. The highest BCUT2D eigenvalue weighted by molar-refractivity contribution is 5.76. The molecular formula is C44H77NO8. The summed E-state index contributed by atoms with van der Waals surface area (Å²) >= 11 is 0. The molecule has 1 fully saturated rings. The predicted molar refractivity (Wildman–Crippen MR) is 216 cm³/mol. The number of carbonyl (C=O) groups is 1. The van der Waals surface area contributed by atoms with Crippen LogP contribution in [0, 0.1) is 0 Å². The van der Waals surface area contributed by atoms with Crippen LogP contribution in [0.15, 0.2) is 60.8 Å². The number of hydrogen-bond donors (Lipinski definition) is 6. The van der Waals surface area contributed by atoms with Gasteiger partial charge in [-0.05, 0) is 51.4 Å².